The van der Waals surface area contributed by atoms with Gasteiger partial charge >= 0.3 is 0 Å². The fourth-order valence-corrected chi connectivity index (χ4v) is 6.00. The molecule has 2 N–H and O–H groups in total. The highest BCUT2D eigenvalue weighted by Crippen LogP contribution is 2.29. The van der Waals surface area contributed by atoms with E-state index in [2.05, 4.69) is 35.1 Å². The summed E-state index contributed by atoms with van der Waals surface area (Å²) in [5.41, 5.74) is 5.62. The lowest BCUT2D eigenvalue weighted by Gasteiger charge is -2.22. The molecule has 0 radical (unpaired) electrons. The number of H-pyrrole nitrogens is 1. The highest BCUT2D eigenvalue weighted by molar-refractivity contribution is 5.95. The smallest absolute Gasteiger partial charge is 0.243 e. The molecule has 0 aliphatic heterocycles. The number of aromatic amines is 1. The highest BCUT2D eigenvalue weighted by Gasteiger charge is 2.19. The molecule has 2 aromatic heterocycles. The number of anilines is 1. The number of oxazole rings is 1. The van der Waals surface area contributed by atoms with Crippen molar-refractivity contribution in [2.24, 2.45) is 0 Å². The van der Waals surface area contributed by atoms with E-state index >= 15 is 0 Å². The Bertz CT molecular complexity index is 2140. The van der Waals surface area contributed by atoms with Crippen molar-refractivity contribution in [2.45, 2.75) is 46.1 Å². The summed E-state index contributed by atoms with van der Waals surface area (Å²) in [6.45, 7) is 5.54. The zero-order valence-corrected chi connectivity index (χ0v) is 30.1. The van der Waals surface area contributed by atoms with Crippen LogP contribution in [0.5, 0.6) is 0 Å². The third-order valence-corrected chi connectivity index (χ3v) is 8.48. The molecule has 0 bridgehead atoms. The molecule has 0 saturated carbocycles. The number of carbonyl (C=O) groups is 3. The van der Waals surface area contributed by atoms with Crippen molar-refractivity contribution in [3.8, 4) is 35.6 Å². The maximum Gasteiger partial charge on any atom is 0.243 e. The van der Waals surface area contributed by atoms with Crippen LogP contribution in [0.3, 0.4) is 0 Å². The van der Waals surface area contributed by atoms with Crippen LogP contribution < -0.4 is 5.32 Å². The molecular weight excluding hydrogens is 665 g/mol. The van der Waals surface area contributed by atoms with Gasteiger partial charge in [-0.15, -0.1) is 12.8 Å². The van der Waals surface area contributed by atoms with E-state index in [1.807, 2.05) is 109 Å². The van der Waals surface area contributed by atoms with Gasteiger partial charge in [-0.3, -0.25) is 14.4 Å². The first-order chi connectivity index (χ1) is 25.9. The number of hydrogen-bond acceptors (Lipinski definition) is 6. The normalized spacial score (nSPS) is 10.6. The number of nitrogens with one attached hydrogen (secondary N) is 2. The van der Waals surface area contributed by atoms with Crippen LogP contribution in [0, 0.1) is 12.8 Å². The Kier molecular flexibility index (Phi) is 13.3. The van der Waals surface area contributed by atoms with Crippen LogP contribution in [-0.4, -0.2) is 62.1 Å². The van der Waals surface area contributed by atoms with E-state index in [1.165, 1.54) is 0 Å². The van der Waals surface area contributed by atoms with E-state index in [0.29, 0.717) is 49.2 Å². The van der Waals surface area contributed by atoms with Gasteiger partial charge < -0.3 is 24.5 Å². The summed E-state index contributed by atoms with van der Waals surface area (Å²) in [6.07, 6.45) is 11.9. The molecule has 3 amide bonds. The van der Waals surface area contributed by atoms with Gasteiger partial charge in [-0.25, -0.2) is 9.97 Å². The second-order valence-electron chi connectivity index (χ2n) is 12.5. The molecule has 10 nitrogen and oxygen atoms in total. The van der Waals surface area contributed by atoms with E-state index in [1.54, 1.807) is 17.2 Å². The van der Waals surface area contributed by atoms with Crippen LogP contribution in [0.25, 0.3) is 33.8 Å². The minimum atomic E-state index is -0.272. The number of imidazole rings is 1. The van der Waals surface area contributed by atoms with E-state index in [9.17, 15) is 14.4 Å². The van der Waals surface area contributed by atoms with Gasteiger partial charge in [-0.05, 0) is 54.3 Å². The predicted molar refractivity (Wildman–Crippen MR) is 208 cm³/mol. The zero-order valence-electron chi connectivity index (χ0n) is 30.1. The number of terminal acetylenes is 1. The first-order valence-electron chi connectivity index (χ1n) is 17.7. The van der Waals surface area contributed by atoms with Gasteiger partial charge in [0.05, 0.1) is 43.2 Å². The minimum Gasteiger partial charge on any atom is -0.436 e. The Hall–Kier alpha value is -6.47. The van der Waals surface area contributed by atoms with Gasteiger partial charge in [-0.2, -0.15) is 0 Å². The number of rotatable bonds is 15. The van der Waals surface area contributed by atoms with E-state index in [-0.39, 0.29) is 30.7 Å². The first kappa shape index (κ1) is 37.8. The lowest BCUT2D eigenvalue weighted by Crippen LogP contribution is -2.39. The Balaban J connectivity index is 0.00000266. The SMILES string of the molecule is C#C.CCCN(CC(=O)Nc1cccc(-c2cnc(-c3ccc4nc(CN(CCC)C(=O)Cc5ccccc5)[nH]c4c3)o2)c1)C(=O)Cc1ccccc1. The van der Waals surface area contributed by atoms with Gasteiger partial charge in [0.2, 0.25) is 23.6 Å². The lowest BCUT2D eigenvalue weighted by atomic mass is 10.1. The maximum atomic E-state index is 13.1. The topological polar surface area (TPSA) is 124 Å². The lowest BCUT2D eigenvalue weighted by molar-refractivity contribution is -0.134. The molecule has 0 aliphatic rings. The van der Waals surface area contributed by atoms with Gasteiger partial charge in [-0.1, -0.05) is 86.6 Å². The van der Waals surface area contributed by atoms with E-state index in [4.69, 9.17) is 9.40 Å². The molecule has 4 aromatic carbocycles. The van der Waals surface area contributed by atoms with Crippen molar-refractivity contribution in [1.82, 2.24) is 24.8 Å². The second kappa shape index (κ2) is 18.7. The van der Waals surface area contributed by atoms with Crippen molar-refractivity contribution in [3.63, 3.8) is 0 Å². The monoisotopic (exact) mass is 708 g/mol. The van der Waals surface area contributed by atoms with Gasteiger partial charge in [0.15, 0.2) is 5.76 Å². The molecule has 0 aliphatic carbocycles. The number of nitrogens with zero attached hydrogens (tertiary/aromatic N) is 4. The Morgan fingerprint density at radius 2 is 1.40 bits per heavy atom. The highest BCUT2D eigenvalue weighted by atomic mass is 16.4. The number of carbonyl (C=O) groups excluding carboxylic acids is 3. The van der Waals surface area contributed by atoms with Gasteiger partial charge in [0, 0.05) is 29.9 Å². The third-order valence-electron chi connectivity index (χ3n) is 8.48. The number of aromatic nitrogens is 3. The van der Waals surface area contributed by atoms with Crippen LogP contribution in [0.1, 0.15) is 43.6 Å². The molecule has 0 spiro atoms. The Morgan fingerprint density at radius 3 is 2.06 bits per heavy atom. The molecule has 53 heavy (non-hydrogen) atoms. The number of amides is 3. The molecule has 0 atom stereocenters. The Labute approximate surface area is 310 Å². The van der Waals surface area contributed by atoms with Crippen LogP contribution in [-0.2, 0) is 33.8 Å². The molecule has 6 rings (SSSR count). The van der Waals surface area contributed by atoms with Gasteiger partial charge in [0.1, 0.15) is 5.82 Å². The molecule has 2 heterocycles. The maximum absolute atomic E-state index is 13.1. The zero-order chi connectivity index (χ0) is 37.6. The van der Waals surface area contributed by atoms with Crippen molar-refractivity contribution < 1.29 is 18.8 Å². The third kappa shape index (κ3) is 10.3. The Morgan fingerprint density at radius 1 is 0.755 bits per heavy atom. The average molecular weight is 709 g/mol. The average Bonchev–Trinajstić information content (AvgIpc) is 3.83. The summed E-state index contributed by atoms with van der Waals surface area (Å²) < 4.78 is 6.18. The van der Waals surface area contributed by atoms with Crippen LogP contribution in [0.4, 0.5) is 5.69 Å². The summed E-state index contributed by atoms with van der Waals surface area (Å²) in [5, 5.41) is 2.93. The van der Waals surface area contributed by atoms with Crippen molar-refractivity contribution in [1.29, 1.82) is 0 Å². The van der Waals surface area contributed by atoms with Crippen LogP contribution in [0.2, 0.25) is 0 Å². The summed E-state index contributed by atoms with van der Waals surface area (Å²) in [7, 11) is 0. The molecule has 10 heteroatoms. The van der Waals surface area contributed by atoms with E-state index in [0.717, 1.165) is 46.1 Å². The van der Waals surface area contributed by atoms with E-state index < -0.39 is 0 Å². The molecular formula is C43H44N6O4. The van der Waals surface area contributed by atoms with Gasteiger partial charge in [0.25, 0.3) is 0 Å². The first-order valence-corrected chi connectivity index (χ1v) is 17.7. The van der Waals surface area contributed by atoms with Crippen LogP contribution in [0.15, 0.2) is 114 Å². The largest absolute Gasteiger partial charge is 0.436 e. The molecule has 0 fully saturated rings. The fourth-order valence-electron chi connectivity index (χ4n) is 6.00. The summed E-state index contributed by atoms with van der Waals surface area (Å²) >= 11 is 0. The van der Waals surface area contributed by atoms with Crippen molar-refractivity contribution in [3.05, 3.63) is 126 Å². The molecule has 0 saturated heterocycles. The van der Waals surface area contributed by atoms with Crippen molar-refractivity contribution >= 4 is 34.4 Å². The van der Waals surface area contributed by atoms with Crippen molar-refractivity contribution in [2.75, 3.05) is 25.0 Å². The molecule has 0 unspecified atom stereocenters. The second-order valence-corrected chi connectivity index (χ2v) is 12.5. The van der Waals surface area contributed by atoms with Crippen LogP contribution >= 0.6 is 0 Å². The summed E-state index contributed by atoms with van der Waals surface area (Å²) in [4.78, 5) is 55.2. The standard InChI is InChI=1S/C41H42N6O4.C2H2/c1-3-20-46(39(49)22-29-12-7-5-8-13-29)27-37-44-34-19-18-32(25-35(34)45-37)41-42-26-36(51-41)31-16-11-17-33(24-31)43-38(48)28-47(21-4-2)40(50)23-30-14-9-6-10-15-30;1-2/h5-19,24-26H,3-4,20-23,27-28H2,1-2H3,(H,43,48)(H,44,45);1-2H. The quantitative estimate of drug-likeness (QED) is 0.106. The molecule has 6 aromatic rings. The number of fused-ring (bicyclic) bond motifs is 1. The number of hydrogen-bond donors (Lipinski definition) is 2. The fraction of sp³-hybridized carbons (Fsp3) is 0.233. The minimum absolute atomic E-state index is 0.0331. The number of benzene rings is 4. The summed E-state index contributed by atoms with van der Waals surface area (Å²) in [5.74, 6) is 1.40. The summed E-state index contributed by atoms with van der Waals surface area (Å²) in [6, 6.07) is 32.4. The predicted octanol–water partition coefficient (Wildman–Crippen LogP) is 7.54. The molecule has 270 valence electrons.